The van der Waals surface area contributed by atoms with Gasteiger partial charge in [0.1, 0.15) is 0 Å². The molecule has 1 saturated heterocycles. The lowest BCUT2D eigenvalue weighted by atomic mass is 10.1. The molecule has 1 aromatic rings. The molecule has 78 valence electrons. The summed E-state index contributed by atoms with van der Waals surface area (Å²) in [6, 6.07) is 1.13. The maximum absolute atomic E-state index is 4.03. The minimum atomic E-state index is 0.546. The Morgan fingerprint density at radius 2 is 2.43 bits per heavy atom. The molecule has 0 amide bonds. The molecule has 1 aliphatic rings. The zero-order valence-electron chi connectivity index (χ0n) is 8.83. The van der Waals surface area contributed by atoms with E-state index in [0.717, 1.165) is 19.5 Å². The second-order valence-electron chi connectivity index (χ2n) is 4.27. The largest absolute Gasteiger partial charge is 0.348 e. The lowest BCUT2D eigenvalue weighted by Crippen LogP contribution is -2.54. The molecule has 0 aromatic carbocycles. The molecule has 0 bridgehead atoms. The van der Waals surface area contributed by atoms with Crippen molar-refractivity contribution < 1.29 is 0 Å². The zero-order valence-corrected chi connectivity index (χ0v) is 8.83. The summed E-state index contributed by atoms with van der Waals surface area (Å²) in [7, 11) is 2.18. The molecule has 0 saturated carbocycles. The van der Waals surface area contributed by atoms with Crippen LogP contribution in [0.3, 0.4) is 0 Å². The molecule has 2 atom stereocenters. The molecule has 0 aliphatic carbocycles. The average Bonchev–Trinajstić information content (AvgIpc) is 2.54. The van der Waals surface area contributed by atoms with Crippen LogP contribution in [0.5, 0.6) is 0 Å². The van der Waals surface area contributed by atoms with E-state index in [4.69, 9.17) is 0 Å². The number of aromatic nitrogens is 2. The van der Waals surface area contributed by atoms with Crippen LogP contribution < -0.4 is 5.32 Å². The Labute approximate surface area is 84.7 Å². The molecule has 1 aliphatic heterocycles. The quantitative estimate of drug-likeness (QED) is 0.709. The summed E-state index contributed by atoms with van der Waals surface area (Å²) < 4.78 is 0. The highest BCUT2D eigenvalue weighted by Gasteiger charge is 2.21. The van der Waals surface area contributed by atoms with Crippen molar-refractivity contribution in [3.8, 4) is 0 Å². The minimum absolute atomic E-state index is 0.546. The van der Waals surface area contributed by atoms with Crippen LogP contribution >= 0.6 is 0 Å². The fourth-order valence-corrected chi connectivity index (χ4v) is 2.21. The van der Waals surface area contributed by atoms with Crippen LogP contribution in [0.2, 0.25) is 0 Å². The van der Waals surface area contributed by atoms with Gasteiger partial charge in [0.15, 0.2) is 0 Å². The highest BCUT2D eigenvalue weighted by atomic mass is 15.2. The van der Waals surface area contributed by atoms with E-state index in [1.54, 1.807) is 6.33 Å². The van der Waals surface area contributed by atoms with Crippen molar-refractivity contribution in [2.75, 3.05) is 20.1 Å². The molecule has 4 heteroatoms. The maximum Gasteiger partial charge on any atom is 0.0921 e. The van der Waals surface area contributed by atoms with Crippen molar-refractivity contribution in [2.24, 2.45) is 0 Å². The van der Waals surface area contributed by atoms with Gasteiger partial charge < -0.3 is 15.2 Å². The van der Waals surface area contributed by atoms with Crippen molar-refractivity contribution in [1.29, 1.82) is 0 Å². The summed E-state index contributed by atoms with van der Waals surface area (Å²) in [6.07, 6.45) is 4.68. The summed E-state index contributed by atoms with van der Waals surface area (Å²) in [5.41, 5.74) is 1.21. The predicted octanol–water partition coefficient (Wildman–Crippen LogP) is 0.244. The van der Waals surface area contributed by atoms with Gasteiger partial charge in [-0.05, 0) is 14.0 Å². The minimum Gasteiger partial charge on any atom is -0.348 e. The predicted molar refractivity (Wildman–Crippen MR) is 56.2 cm³/mol. The van der Waals surface area contributed by atoms with Crippen molar-refractivity contribution >= 4 is 0 Å². The Kier molecular flexibility index (Phi) is 2.84. The molecule has 1 fully saturated rings. The Bertz CT molecular complexity index is 260. The number of nitrogens with zero attached hydrogens (tertiary/aromatic N) is 2. The third-order valence-corrected chi connectivity index (χ3v) is 2.66. The molecule has 2 N–H and O–H groups in total. The number of piperazine rings is 1. The van der Waals surface area contributed by atoms with Crippen LogP contribution in [0.4, 0.5) is 0 Å². The lowest BCUT2D eigenvalue weighted by molar-refractivity contribution is 0.198. The number of imidazole rings is 1. The molecule has 2 heterocycles. The Morgan fingerprint density at radius 1 is 1.57 bits per heavy atom. The lowest BCUT2D eigenvalue weighted by Gasteiger charge is -2.35. The number of rotatable bonds is 2. The normalized spacial score (nSPS) is 29.3. The molecular weight excluding hydrogens is 176 g/mol. The number of aromatic amines is 1. The third kappa shape index (κ3) is 2.33. The van der Waals surface area contributed by atoms with Gasteiger partial charge in [-0.25, -0.2) is 4.98 Å². The van der Waals surface area contributed by atoms with Crippen LogP contribution in [-0.4, -0.2) is 47.1 Å². The van der Waals surface area contributed by atoms with Crippen LogP contribution in [0, 0.1) is 0 Å². The molecule has 1 unspecified atom stereocenters. The van der Waals surface area contributed by atoms with E-state index in [0.29, 0.717) is 12.1 Å². The van der Waals surface area contributed by atoms with Crippen molar-refractivity contribution in [3.63, 3.8) is 0 Å². The van der Waals surface area contributed by atoms with Crippen LogP contribution in [0.15, 0.2) is 12.5 Å². The van der Waals surface area contributed by atoms with Gasteiger partial charge in [0.25, 0.3) is 0 Å². The standard InChI is InChI=1S/C10H18N4/c1-8-5-14(2)6-10(13-8)3-9-4-11-7-12-9/h4,7-8,10,13H,3,5-6H2,1-2H3,(H,11,12)/t8?,10-/m0/s1. The maximum atomic E-state index is 4.03. The first-order chi connectivity index (χ1) is 6.74. The number of H-pyrrole nitrogens is 1. The van der Waals surface area contributed by atoms with E-state index in [-0.39, 0.29) is 0 Å². The first-order valence-electron chi connectivity index (χ1n) is 5.16. The Morgan fingerprint density at radius 3 is 3.07 bits per heavy atom. The van der Waals surface area contributed by atoms with E-state index in [1.165, 1.54) is 5.69 Å². The summed E-state index contributed by atoms with van der Waals surface area (Å²) >= 11 is 0. The van der Waals surface area contributed by atoms with Crippen molar-refractivity contribution in [2.45, 2.75) is 25.4 Å². The second kappa shape index (κ2) is 4.11. The first-order valence-corrected chi connectivity index (χ1v) is 5.16. The number of nitrogens with one attached hydrogen (secondary N) is 2. The number of hydrogen-bond donors (Lipinski definition) is 2. The highest BCUT2D eigenvalue weighted by Crippen LogP contribution is 2.06. The molecular formula is C10H18N4. The molecule has 14 heavy (non-hydrogen) atoms. The Balaban J connectivity index is 1.91. The summed E-state index contributed by atoms with van der Waals surface area (Å²) in [6.45, 7) is 4.48. The van der Waals surface area contributed by atoms with Gasteiger partial charge in [0.2, 0.25) is 0 Å². The van der Waals surface area contributed by atoms with Gasteiger partial charge in [0, 0.05) is 43.5 Å². The molecule has 2 rings (SSSR count). The summed E-state index contributed by atoms with van der Waals surface area (Å²) in [5, 5.41) is 3.60. The highest BCUT2D eigenvalue weighted by molar-refractivity contribution is 4.99. The van der Waals surface area contributed by atoms with Crippen molar-refractivity contribution in [1.82, 2.24) is 20.2 Å². The van der Waals surface area contributed by atoms with Gasteiger partial charge in [0.05, 0.1) is 6.33 Å². The van der Waals surface area contributed by atoms with E-state index < -0.39 is 0 Å². The molecule has 0 spiro atoms. The van der Waals surface area contributed by atoms with E-state index >= 15 is 0 Å². The fourth-order valence-electron chi connectivity index (χ4n) is 2.21. The fraction of sp³-hybridized carbons (Fsp3) is 0.700. The van der Waals surface area contributed by atoms with Crippen molar-refractivity contribution in [3.05, 3.63) is 18.2 Å². The molecule has 0 radical (unpaired) electrons. The second-order valence-corrected chi connectivity index (χ2v) is 4.27. The van der Waals surface area contributed by atoms with Gasteiger partial charge in [-0.2, -0.15) is 0 Å². The smallest absolute Gasteiger partial charge is 0.0921 e. The van der Waals surface area contributed by atoms with E-state index in [1.807, 2.05) is 6.20 Å². The zero-order chi connectivity index (χ0) is 9.97. The topological polar surface area (TPSA) is 44.0 Å². The van der Waals surface area contributed by atoms with Gasteiger partial charge in [-0.15, -0.1) is 0 Å². The number of hydrogen-bond acceptors (Lipinski definition) is 3. The average molecular weight is 194 g/mol. The van der Waals surface area contributed by atoms with Gasteiger partial charge >= 0.3 is 0 Å². The van der Waals surface area contributed by atoms with Crippen LogP contribution in [0.25, 0.3) is 0 Å². The van der Waals surface area contributed by atoms with Crippen LogP contribution in [0.1, 0.15) is 12.6 Å². The summed E-state index contributed by atoms with van der Waals surface area (Å²) in [5.74, 6) is 0. The molecule has 1 aromatic heterocycles. The van der Waals surface area contributed by atoms with E-state index in [9.17, 15) is 0 Å². The molecule has 4 nitrogen and oxygen atoms in total. The monoisotopic (exact) mass is 194 g/mol. The summed E-state index contributed by atoms with van der Waals surface area (Å²) in [4.78, 5) is 9.55. The number of likely N-dealkylation sites (N-methyl/N-ethyl adjacent to an activating group) is 1. The Hall–Kier alpha value is -0.870. The van der Waals surface area contributed by atoms with Crippen LogP contribution in [-0.2, 0) is 6.42 Å². The third-order valence-electron chi connectivity index (χ3n) is 2.66. The van der Waals surface area contributed by atoms with Gasteiger partial charge in [-0.1, -0.05) is 0 Å². The first kappa shape index (κ1) is 9.68. The van der Waals surface area contributed by atoms with E-state index in [2.05, 4.69) is 34.2 Å². The van der Waals surface area contributed by atoms with Gasteiger partial charge in [-0.3, -0.25) is 0 Å². The SMILES string of the molecule is CC1CN(C)C[C@H](Cc2cnc[nH]2)N1.